The first kappa shape index (κ1) is 15.0. The van der Waals surface area contributed by atoms with Gasteiger partial charge in [0.15, 0.2) is 0 Å². The molecule has 6 nitrogen and oxygen atoms in total. The largest absolute Gasteiger partial charge is 0.317 e. The van der Waals surface area contributed by atoms with Crippen molar-refractivity contribution in [2.45, 2.75) is 12.8 Å². The van der Waals surface area contributed by atoms with E-state index in [0.29, 0.717) is 21.7 Å². The molecule has 0 spiro atoms. The molecule has 0 saturated carbocycles. The Morgan fingerprint density at radius 1 is 1.33 bits per heavy atom. The third-order valence-corrected chi connectivity index (χ3v) is 5.83. The van der Waals surface area contributed by atoms with Crippen LogP contribution in [0.1, 0.15) is 12.8 Å². The zero-order valence-electron chi connectivity index (χ0n) is 11.2. The molecule has 114 valence electrons. The predicted octanol–water partition coefficient (Wildman–Crippen LogP) is 2.09. The van der Waals surface area contributed by atoms with Crippen molar-refractivity contribution in [1.29, 1.82) is 0 Å². The van der Waals surface area contributed by atoms with Crippen molar-refractivity contribution < 1.29 is 8.42 Å². The summed E-state index contributed by atoms with van der Waals surface area (Å²) in [6.45, 7) is 1.74. The maximum absolute atomic E-state index is 12.4. The summed E-state index contributed by atoms with van der Waals surface area (Å²) in [5, 5.41) is 3.56. The Labute approximate surface area is 132 Å². The van der Waals surface area contributed by atoms with E-state index in [1.165, 1.54) is 0 Å². The number of nitrogens with zero attached hydrogens (tertiary/aromatic N) is 2. The van der Waals surface area contributed by atoms with Crippen LogP contribution in [0.15, 0.2) is 12.1 Å². The Morgan fingerprint density at radius 2 is 2.10 bits per heavy atom. The van der Waals surface area contributed by atoms with Crippen molar-refractivity contribution in [3.63, 3.8) is 0 Å². The molecule has 21 heavy (non-hydrogen) atoms. The van der Waals surface area contributed by atoms with Gasteiger partial charge in [0.05, 0.1) is 28.2 Å². The number of anilines is 1. The Hall–Kier alpha value is -0.960. The molecule has 1 aromatic heterocycles. The molecule has 0 amide bonds. The molecule has 0 radical (unpaired) electrons. The molecule has 2 N–H and O–H groups in total. The first-order chi connectivity index (χ1) is 10.1. The zero-order chi connectivity index (χ0) is 14.9. The molecule has 1 fully saturated rings. The standard InChI is InChI=1S/C12H15ClN4O2S2/c13-9-1-2-10-12(16-20-15-10)11(9)17-21(18,19)7-8-3-5-14-6-4-8/h1-2,8,14,17H,3-7H2. The molecular weight excluding hydrogens is 332 g/mol. The first-order valence-electron chi connectivity index (χ1n) is 6.67. The highest BCUT2D eigenvalue weighted by Gasteiger charge is 2.23. The molecule has 1 saturated heterocycles. The van der Waals surface area contributed by atoms with Gasteiger partial charge in [0.2, 0.25) is 10.0 Å². The summed E-state index contributed by atoms with van der Waals surface area (Å²) in [7, 11) is -3.45. The monoisotopic (exact) mass is 346 g/mol. The van der Waals surface area contributed by atoms with Crippen LogP contribution in [0.25, 0.3) is 11.0 Å². The minimum atomic E-state index is -3.45. The van der Waals surface area contributed by atoms with Crippen molar-refractivity contribution in [2.75, 3.05) is 23.6 Å². The molecule has 2 heterocycles. The van der Waals surface area contributed by atoms with Crippen molar-refractivity contribution >= 4 is 50.1 Å². The minimum absolute atomic E-state index is 0.110. The van der Waals surface area contributed by atoms with Crippen LogP contribution in [0.4, 0.5) is 5.69 Å². The number of hydrogen-bond acceptors (Lipinski definition) is 6. The van der Waals surface area contributed by atoms with E-state index in [1.807, 2.05) is 0 Å². The van der Waals surface area contributed by atoms with Crippen LogP contribution in [0.5, 0.6) is 0 Å². The fourth-order valence-electron chi connectivity index (χ4n) is 2.48. The molecule has 0 atom stereocenters. The van der Waals surface area contributed by atoms with Crippen LogP contribution < -0.4 is 10.0 Å². The van der Waals surface area contributed by atoms with Gasteiger partial charge in [-0.1, -0.05) is 11.6 Å². The van der Waals surface area contributed by atoms with Gasteiger partial charge in [0, 0.05) is 0 Å². The summed E-state index contributed by atoms with van der Waals surface area (Å²) in [4.78, 5) is 0. The van der Waals surface area contributed by atoms with Crippen LogP contribution in [0.2, 0.25) is 5.02 Å². The lowest BCUT2D eigenvalue weighted by molar-refractivity contribution is 0.402. The van der Waals surface area contributed by atoms with Crippen LogP contribution in [0.3, 0.4) is 0 Å². The highest BCUT2D eigenvalue weighted by molar-refractivity contribution is 7.92. The van der Waals surface area contributed by atoms with E-state index in [-0.39, 0.29) is 11.7 Å². The number of hydrogen-bond donors (Lipinski definition) is 2. The smallest absolute Gasteiger partial charge is 0.233 e. The summed E-state index contributed by atoms with van der Waals surface area (Å²) in [6, 6.07) is 3.36. The van der Waals surface area contributed by atoms with Gasteiger partial charge in [-0.3, -0.25) is 4.72 Å². The number of fused-ring (bicyclic) bond motifs is 1. The SMILES string of the molecule is O=S(=O)(CC1CCNCC1)Nc1c(Cl)ccc2nsnc12. The van der Waals surface area contributed by atoms with E-state index in [2.05, 4.69) is 18.8 Å². The Morgan fingerprint density at radius 3 is 2.86 bits per heavy atom. The number of rotatable bonds is 4. The van der Waals surface area contributed by atoms with Gasteiger partial charge in [-0.05, 0) is 44.0 Å². The number of piperidine rings is 1. The Bertz CT molecular complexity index is 741. The van der Waals surface area contributed by atoms with Crippen molar-refractivity contribution in [2.24, 2.45) is 5.92 Å². The van der Waals surface area contributed by atoms with Crippen molar-refractivity contribution in [1.82, 2.24) is 14.1 Å². The molecule has 2 aromatic rings. The van der Waals surface area contributed by atoms with Crippen molar-refractivity contribution in [3.05, 3.63) is 17.2 Å². The van der Waals surface area contributed by atoms with Gasteiger partial charge in [-0.25, -0.2) is 8.42 Å². The van der Waals surface area contributed by atoms with Crippen LogP contribution >= 0.6 is 23.3 Å². The van der Waals surface area contributed by atoms with Gasteiger partial charge in [-0.2, -0.15) is 8.75 Å². The summed E-state index contributed by atoms with van der Waals surface area (Å²) >= 11 is 7.14. The third kappa shape index (κ3) is 3.45. The topological polar surface area (TPSA) is 84.0 Å². The normalized spacial score (nSPS) is 17.2. The Balaban J connectivity index is 1.83. The van der Waals surface area contributed by atoms with Gasteiger partial charge >= 0.3 is 0 Å². The average molecular weight is 347 g/mol. The lowest BCUT2D eigenvalue weighted by Crippen LogP contribution is -2.33. The molecule has 3 rings (SSSR count). The number of sulfonamides is 1. The Kier molecular flexibility index (Phi) is 4.30. The molecule has 0 bridgehead atoms. The van der Waals surface area contributed by atoms with E-state index in [0.717, 1.165) is 37.7 Å². The second-order valence-corrected chi connectivity index (χ2v) is 7.83. The predicted molar refractivity (Wildman–Crippen MR) is 85.4 cm³/mol. The number of nitrogens with one attached hydrogen (secondary N) is 2. The van der Waals surface area contributed by atoms with E-state index >= 15 is 0 Å². The maximum Gasteiger partial charge on any atom is 0.233 e. The lowest BCUT2D eigenvalue weighted by Gasteiger charge is -2.22. The molecular formula is C12H15ClN4O2S2. The van der Waals surface area contributed by atoms with Gasteiger partial charge in [0.25, 0.3) is 0 Å². The van der Waals surface area contributed by atoms with Crippen LogP contribution in [-0.4, -0.2) is 36.0 Å². The number of aromatic nitrogens is 2. The van der Waals surface area contributed by atoms with E-state index in [1.54, 1.807) is 12.1 Å². The highest BCUT2D eigenvalue weighted by atomic mass is 35.5. The fraction of sp³-hybridized carbons (Fsp3) is 0.500. The molecule has 1 aliphatic heterocycles. The summed E-state index contributed by atoms with van der Waals surface area (Å²) < 4.78 is 35.5. The molecule has 0 unspecified atom stereocenters. The summed E-state index contributed by atoms with van der Waals surface area (Å²) in [5.41, 5.74) is 1.47. The number of benzene rings is 1. The first-order valence-corrected chi connectivity index (χ1v) is 9.43. The molecule has 1 aromatic carbocycles. The number of halogens is 1. The minimum Gasteiger partial charge on any atom is -0.317 e. The van der Waals surface area contributed by atoms with E-state index < -0.39 is 10.0 Å². The average Bonchev–Trinajstić information content (AvgIpc) is 2.91. The fourth-order valence-corrected chi connectivity index (χ4v) is 4.83. The van der Waals surface area contributed by atoms with Crippen LogP contribution in [-0.2, 0) is 10.0 Å². The summed E-state index contributed by atoms with van der Waals surface area (Å²) in [6.07, 6.45) is 1.74. The second-order valence-electron chi connectivity index (χ2n) is 5.13. The highest BCUT2D eigenvalue weighted by Crippen LogP contribution is 2.31. The zero-order valence-corrected chi connectivity index (χ0v) is 13.6. The summed E-state index contributed by atoms with van der Waals surface area (Å²) in [5.74, 6) is 0.286. The van der Waals surface area contributed by atoms with Gasteiger partial charge < -0.3 is 5.32 Å². The van der Waals surface area contributed by atoms with E-state index in [4.69, 9.17) is 11.6 Å². The third-order valence-electron chi connectivity index (χ3n) is 3.55. The van der Waals surface area contributed by atoms with Crippen LogP contribution in [0, 0.1) is 5.92 Å². The van der Waals surface area contributed by atoms with Gasteiger partial charge in [-0.15, -0.1) is 0 Å². The quantitative estimate of drug-likeness (QED) is 0.885. The lowest BCUT2D eigenvalue weighted by atomic mass is 10.0. The molecule has 1 aliphatic rings. The maximum atomic E-state index is 12.4. The molecule has 0 aliphatic carbocycles. The van der Waals surface area contributed by atoms with E-state index in [9.17, 15) is 8.42 Å². The second kappa shape index (κ2) is 6.04. The van der Waals surface area contributed by atoms with Gasteiger partial charge in [0.1, 0.15) is 11.0 Å². The molecule has 9 heteroatoms. The van der Waals surface area contributed by atoms with Crippen molar-refractivity contribution in [3.8, 4) is 0 Å².